The summed E-state index contributed by atoms with van der Waals surface area (Å²) in [5, 5.41) is 2.77. The lowest BCUT2D eigenvalue weighted by molar-refractivity contribution is -0.123. The Kier molecular flexibility index (Phi) is 8.38. The molecular weight excluding hydrogens is 288 g/mol. The average molecular weight is 310 g/mol. The maximum Gasteiger partial charge on any atom is 0.257 e. The molecule has 0 aliphatic rings. The van der Waals surface area contributed by atoms with Crippen molar-refractivity contribution in [1.82, 2.24) is 5.32 Å². The summed E-state index contributed by atoms with van der Waals surface area (Å²) in [6.07, 6.45) is 1.81. The van der Waals surface area contributed by atoms with Crippen LogP contribution in [-0.2, 0) is 9.53 Å². The third-order valence-electron chi connectivity index (χ3n) is 2.64. The number of hydrogen-bond donors (Lipinski definition) is 2. The third kappa shape index (κ3) is 7.63. The minimum atomic E-state index is -0.149. The highest BCUT2D eigenvalue weighted by atomic mass is 32.1. The maximum atomic E-state index is 11.6. The maximum absolute atomic E-state index is 11.6. The first-order valence-corrected chi connectivity index (χ1v) is 7.41. The molecule has 0 saturated heterocycles. The van der Waals surface area contributed by atoms with E-state index in [4.69, 9.17) is 27.4 Å². The van der Waals surface area contributed by atoms with Gasteiger partial charge >= 0.3 is 0 Å². The van der Waals surface area contributed by atoms with Gasteiger partial charge in [0.25, 0.3) is 5.91 Å². The molecule has 0 fully saturated rings. The monoisotopic (exact) mass is 310 g/mol. The Labute approximate surface area is 130 Å². The van der Waals surface area contributed by atoms with Crippen LogP contribution in [0.15, 0.2) is 24.3 Å². The van der Waals surface area contributed by atoms with Gasteiger partial charge in [0.2, 0.25) is 0 Å². The number of benzene rings is 1. The lowest BCUT2D eigenvalue weighted by atomic mass is 10.2. The molecule has 1 amide bonds. The zero-order valence-electron chi connectivity index (χ0n) is 12.3. The second-order valence-corrected chi connectivity index (χ2v) is 4.93. The minimum Gasteiger partial charge on any atom is -0.484 e. The fraction of sp³-hybridized carbons (Fsp3) is 0.467. The van der Waals surface area contributed by atoms with E-state index in [0.29, 0.717) is 23.9 Å². The summed E-state index contributed by atoms with van der Waals surface area (Å²) in [5.41, 5.74) is 6.27. The number of carbonyl (C=O) groups is 1. The molecule has 21 heavy (non-hydrogen) atoms. The summed E-state index contributed by atoms with van der Waals surface area (Å²) in [6, 6.07) is 7.00. The van der Waals surface area contributed by atoms with E-state index in [1.165, 1.54) is 0 Å². The second kappa shape index (κ2) is 10.1. The van der Waals surface area contributed by atoms with Gasteiger partial charge in [0, 0.05) is 25.3 Å². The van der Waals surface area contributed by atoms with Crippen molar-refractivity contribution in [2.75, 3.05) is 26.4 Å². The van der Waals surface area contributed by atoms with Gasteiger partial charge in [-0.2, -0.15) is 0 Å². The van der Waals surface area contributed by atoms with Gasteiger partial charge in [-0.15, -0.1) is 0 Å². The Morgan fingerprint density at radius 2 is 2.00 bits per heavy atom. The number of carbonyl (C=O) groups excluding carboxylic acids is 1. The van der Waals surface area contributed by atoms with E-state index in [0.717, 1.165) is 25.0 Å². The van der Waals surface area contributed by atoms with Crippen LogP contribution >= 0.6 is 12.2 Å². The highest BCUT2D eigenvalue weighted by Gasteiger charge is 2.03. The Hall–Kier alpha value is -1.66. The molecule has 0 aromatic heterocycles. The molecule has 1 rings (SSSR count). The number of hydrogen-bond acceptors (Lipinski definition) is 4. The highest BCUT2D eigenvalue weighted by Crippen LogP contribution is 2.11. The van der Waals surface area contributed by atoms with Crippen molar-refractivity contribution in [3.8, 4) is 5.75 Å². The van der Waals surface area contributed by atoms with Crippen molar-refractivity contribution in [2.24, 2.45) is 5.73 Å². The quantitative estimate of drug-likeness (QED) is 0.507. The predicted octanol–water partition coefficient (Wildman–Crippen LogP) is 1.63. The zero-order chi connectivity index (χ0) is 15.5. The Morgan fingerprint density at radius 1 is 1.29 bits per heavy atom. The third-order valence-corrected chi connectivity index (χ3v) is 2.88. The first kappa shape index (κ1) is 17.4. The molecule has 0 bridgehead atoms. The molecular formula is C15H22N2O3S. The average Bonchev–Trinajstić information content (AvgIpc) is 2.49. The Balaban J connectivity index is 2.16. The number of ether oxygens (including phenoxy) is 2. The number of amides is 1. The molecule has 0 unspecified atom stereocenters. The van der Waals surface area contributed by atoms with Gasteiger partial charge in [-0.25, -0.2) is 0 Å². The van der Waals surface area contributed by atoms with Gasteiger partial charge < -0.3 is 20.5 Å². The number of thiocarbonyl (C=S) groups is 1. The van der Waals surface area contributed by atoms with E-state index in [9.17, 15) is 4.79 Å². The second-order valence-electron chi connectivity index (χ2n) is 4.49. The Morgan fingerprint density at radius 3 is 2.62 bits per heavy atom. The summed E-state index contributed by atoms with van der Waals surface area (Å²) in [5.74, 6) is 0.459. The topological polar surface area (TPSA) is 73.6 Å². The predicted molar refractivity (Wildman–Crippen MR) is 86.6 cm³/mol. The van der Waals surface area contributed by atoms with Crippen molar-refractivity contribution < 1.29 is 14.3 Å². The van der Waals surface area contributed by atoms with Crippen molar-refractivity contribution in [2.45, 2.75) is 19.8 Å². The fourth-order valence-electron chi connectivity index (χ4n) is 1.56. The standard InChI is InChI=1S/C15H22N2O3S/c1-2-9-19-10-3-8-17-14(18)11-20-13-6-4-12(5-7-13)15(16)21/h4-7H,2-3,8-11H2,1H3,(H2,16,21)(H,17,18). The molecule has 0 aliphatic heterocycles. The molecule has 116 valence electrons. The number of nitrogens with two attached hydrogens (primary N) is 1. The van der Waals surface area contributed by atoms with E-state index in [-0.39, 0.29) is 12.5 Å². The van der Waals surface area contributed by atoms with Crippen LogP contribution in [0.3, 0.4) is 0 Å². The smallest absolute Gasteiger partial charge is 0.257 e. The molecule has 0 heterocycles. The lowest BCUT2D eigenvalue weighted by Crippen LogP contribution is -2.30. The first-order chi connectivity index (χ1) is 10.1. The van der Waals surface area contributed by atoms with Crippen LogP contribution in [0.1, 0.15) is 25.3 Å². The van der Waals surface area contributed by atoms with E-state index < -0.39 is 0 Å². The normalized spacial score (nSPS) is 10.1. The SMILES string of the molecule is CCCOCCCNC(=O)COc1ccc(C(N)=S)cc1. The van der Waals surface area contributed by atoms with Crippen LogP contribution in [0.4, 0.5) is 0 Å². The molecule has 0 radical (unpaired) electrons. The zero-order valence-corrected chi connectivity index (χ0v) is 13.1. The van der Waals surface area contributed by atoms with E-state index in [1.807, 2.05) is 0 Å². The van der Waals surface area contributed by atoms with Crippen LogP contribution in [-0.4, -0.2) is 37.3 Å². The van der Waals surface area contributed by atoms with Gasteiger partial charge in [0.15, 0.2) is 6.61 Å². The largest absolute Gasteiger partial charge is 0.484 e. The minimum absolute atomic E-state index is 0.0117. The van der Waals surface area contributed by atoms with E-state index >= 15 is 0 Å². The van der Waals surface area contributed by atoms with Gasteiger partial charge in [0.1, 0.15) is 10.7 Å². The molecule has 6 heteroatoms. The summed E-state index contributed by atoms with van der Waals surface area (Å²) < 4.78 is 10.7. The van der Waals surface area contributed by atoms with Crippen molar-refractivity contribution in [3.63, 3.8) is 0 Å². The van der Waals surface area contributed by atoms with Crippen molar-refractivity contribution in [1.29, 1.82) is 0 Å². The van der Waals surface area contributed by atoms with Crippen molar-refractivity contribution in [3.05, 3.63) is 29.8 Å². The van der Waals surface area contributed by atoms with E-state index in [2.05, 4.69) is 12.2 Å². The van der Waals surface area contributed by atoms with Gasteiger partial charge in [0.05, 0.1) is 0 Å². The molecule has 3 N–H and O–H groups in total. The fourth-order valence-corrected chi connectivity index (χ4v) is 1.70. The van der Waals surface area contributed by atoms with Gasteiger partial charge in [-0.05, 0) is 37.1 Å². The van der Waals surface area contributed by atoms with Gasteiger partial charge in [-0.1, -0.05) is 19.1 Å². The van der Waals surface area contributed by atoms with Crippen LogP contribution in [0.25, 0.3) is 0 Å². The Bertz CT molecular complexity index is 449. The molecule has 0 spiro atoms. The van der Waals surface area contributed by atoms with Gasteiger partial charge in [-0.3, -0.25) is 4.79 Å². The summed E-state index contributed by atoms with van der Waals surface area (Å²) in [4.78, 5) is 11.9. The van der Waals surface area contributed by atoms with Crippen LogP contribution in [0, 0.1) is 0 Å². The van der Waals surface area contributed by atoms with E-state index in [1.54, 1.807) is 24.3 Å². The molecule has 1 aromatic carbocycles. The van der Waals surface area contributed by atoms with Crippen LogP contribution < -0.4 is 15.8 Å². The van der Waals surface area contributed by atoms with Crippen molar-refractivity contribution >= 4 is 23.1 Å². The summed E-state index contributed by atoms with van der Waals surface area (Å²) in [6.45, 7) is 4.07. The molecule has 0 saturated carbocycles. The number of nitrogens with one attached hydrogen (secondary N) is 1. The lowest BCUT2D eigenvalue weighted by Gasteiger charge is -2.08. The molecule has 5 nitrogen and oxygen atoms in total. The molecule has 0 atom stereocenters. The first-order valence-electron chi connectivity index (χ1n) is 7.00. The summed E-state index contributed by atoms with van der Waals surface area (Å²) in [7, 11) is 0. The summed E-state index contributed by atoms with van der Waals surface area (Å²) >= 11 is 4.86. The molecule has 1 aromatic rings. The highest BCUT2D eigenvalue weighted by molar-refractivity contribution is 7.80. The molecule has 0 aliphatic carbocycles. The number of rotatable bonds is 10. The van der Waals surface area contributed by atoms with Crippen LogP contribution in [0.2, 0.25) is 0 Å². The van der Waals surface area contributed by atoms with Crippen LogP contribution in [0.5, 0.6) is 5.75 Å².